The Morgan fingerprint density at radius 3 is 2.53 bits per heavy atom. The third kappa shape index (κ3) is 3.35. The number of ether oxygens (including phenoxy) is 1. The molecule has 1 aliphatic rings. The Kier molecular flexibility index (Phi) is 4.82. The fourth-order valence-corrected chi connectivity index (χ4v) is 2.23. The summed E-state index contributed by atoms with van der Waals surface area (Å²) >= 11 is 0. The van der Waals surface area contributed by atoms with Crippen LogP contribution in [0.2, 0.25) is 0 Å². The van der Waals surface area contributed by atoms with E-state index in [0.29, 0.717) is 0 Å². The predicted molar refractivity (Wildman–Crippen MR) is 60.0 cm³/mol. The number of likely N-dealkylation sites (N-methyl/N-ethyl adjacent to an activating group) is 2. The van der Waals surface area contributed by atoms with Crippen LogP contribution in [0.5, 0.6) is 0 Å². The normalized spacial score (nSPS) is 19.5. The van der Waals surface area contributed by atoms with E-state index in [-0.39, 0.29) is 25.0 Å². The van der Waals surface area contributed by atoms with Gasteiger partial charge in [-0.25, -0.2) is 13.6 Å². The third-order valence-corrected chi connectivity index (χ3v) is 3.24. The van der Waals surface area contributed by atoms with E-state index in [1.54, 1.807) is 14.1 Å². The molecule has 1 N–H and O–H groups in total. The minimum absolute atomic E-state index is 0.181. The van der Waals surface area contributed by atoms with Crippen molar-refractivity contribution in [2.24, 2.45) is 5.92 Å². The number of methoxy groups -OCH3 is 1. The number of carbonyl (C=O) groups excluding carboxylic acids is 1. The minimum Gasteiger partial charge on any atom is -0.468 e. The molecule has 1 atom stereocenters. The van der Waals surface area contributed by atoms with Gasteiger partial charge in [0.25, 0.3) is 6.43 Å². The second-order valence-electron chi connectivity index (χ2n) is 4.58. The van der Waals surface area contributed by atoms with Crippen LogP contribution in [0, 0.1) is 5.92 Å². The van der Waals surface area contributed by atoms with Crippen LogP contribution in [-0.4, -0.2) is 57.1 Å². The molecule has 0 spiro atoms. The molecule has 1 saturated carbocycles. The monoisotopic (exact) mass is 250 g/mol. The van der Waals surface area contributed by atoms with Crippen molar-refractivity contribution in [3.8, 4) is 0 Å². The van der Waals surface area contributed by atoms with E-state index in [2.05, 4.69) is 5.32 Å². The van der Waals surface area contributed by atoms with E-state index >= 15 is 0 Å². The van der Waals surface area contributed by atoms with Crippen LogP contribution < -0.4 is 5.32 Å². The van der Waals surface area contributed by atoms with Crippen molar-refractivity contribution in [1.82, 2.24) is 10.2 Å². The Morgan fingerprint density at radius 2 is 2.18 bits per heavy atom. The summed E-state index contributed by atoms with van der Waals surface area (Å²) < 4.78 is 29.4. The van der Waals surface area contributed by atoms with Gasteiger partial charge in [-0.2, -0.15) is 0 Å². The van der Waals surface area contributed by atoms with Crippen molar-refractivity contribution in [3.63, 3.8) is 0 Å². The first-order valence-electron chi connectivity index (χ1n) is 5.70. The molecule has 1 aliphatic carbocycles. The lowest BCUT2D eigenvalue weighted by Gasteiger charge is -2.34. The molecule has 0 saturated heterocycles. The fraction of sp³-hybridized carbons (Fsp3) is 0.909. The average molecular weight is 250 g/mol. The van der Waals surface area contributed by atoms with Crippen LogP contribution in [0.25, 0.3) is 0 Å². The lowest BCUT2D eigenvalue weighted by atomic mass is 9.92. The van der Waals surface area contributed by atoms with Crippen LogP contribution in [0.3, 0.4) is 0 Å². The summed E-state index contributed by atoms with van der Waals surface area (Å²) in [7, 11) is 4.58. The molecule has 1 fully saturated rings. The van der Waals surface area contributed by atoms with E-state index < -0.39 is 12.0 Å². The quantitative estimate of drug-likeness (QED) is 0.676. The molecule has 0 amide bonds. The van der Waals surface area contributed by atoms with Gasteiger partial charge in [0.1, 0.15) is 5.54 Å². The smallest absolute Gasteiger partial charge is 0.327 e. The Morgan fingerprint density at radius 1 is 1.59 bits per heavy atom. The highest BCUT2D eigenvalue weighted by Crippen LogP contribution is 2.40. The van der Waals surface area contributed by atoms with E-state index in [1.165, 1.54) is 12.0 Å². The first kappa shape index (κ1) is 14.3. The number of alkyl halides is 2. The molecule has 0 aliphatic heterocycles. The highest BCUT2D eigenvalue weighted by atomic mass is 19.3. The molecule has 17 heavy (non-hydrogen) atoms. The second-order valence-corrected chi connectivity index (χ2v) is 4.58. The van der Waals surface area contributed by atoms with E-state index in [0.717, 1.165) is 12.8 Å². The Labute approximate surface area is 100 Å². The van der Waals surface area contributed by atoms with Gasteiger partial charge >= 0.3 is 5.97 Å². The van der Waals surface area contributed by atoms with Crippen molar-refractivity contribution in [3.05, 3.63) is 0 Å². The topological polar surface area (TPSA) is 41.6 Å². The molecule has 0 radical (unpaired) electrons. The van der Waals surface area contributed by atoms with Crippen LogP contribution in [-0.2, 0) is 9.53 Å². The number of nitrogens with one attached hydrogen (secondary N) is 1. The molecule has 6 heteroatoms. The Bertz CT molecular complexity index is 272. The maximum Gasteiger partial charge on any atom is 0.327 e. The maximum atomic E-state index is 12.3. The second kappa shape index (κ2) is 5.73. The summed E-state index contributed by atoms with van der Waals surface area (Å²) in [6, 6.07) is 0. The van der Waals surface area contributed by atoms with Crippen molar-refractivity contribution < 1.29 is 18.3 Å². The summed E-state index contributed by atoms with van der Waals surface area (Å²) in [5, 5.41) is 2.97. The zero-order valence-corrected chi connectivity index (χ0v) is 10.5. The van der Waals surface area contributed by atoms with Crippen LogP contribution in [0.1, 0.15) is 12.8 Å². The third-order valence-electron chi connectivity index (χ3n) is 3.24. The highest BCUT2D eigenvalue weighted by Gasteiger charge is 2.51. The van der Waals surface area contributed by atoms with Gasteiger partial charge in [0.2, 0.25) is 0 Å². The van der Waals surface area contributed by atoms with Gasteiger partial charge in [0.05, 0.1) is 13.7 Å². The molecule has 0 aromatic carbocycles. The van der Waals surface area contributed by atoms with Gasteiger partial charge in [-0.05, 0) is 32.9 Å². The predicted octanol–water partition coefficient (Wildman–Crippen LogP) is 0.724. The first-order chi connectivity index (χ1) is 7.96. The zero-order valence-electron chi connectivity index (χ0n) is 10.5. The SMILES string of the molecule is CNC(CN(C)CC(F)F)(C(=O)OC)C1CC1. The van der Waals surface area contributed by atoms with Crippen molar-refractivity contribution in [2.45, 2.75) is 24.8 Å². The molecule has 0 bridgehead atoms. The highest BCUT2D eigenvalue weighted by molar-refractivity contribution is 5.82. The van der Waals surface area contributed by atoms with Gasteiger partial charge in [-0.15, -0.1) is 0 Å². The van der Waals surface area contributed by atoms with Gasteiger partial charge < -0.3 is 10.1 Å². The van der Waals surface area contributed by atoms with Gasteiger partial charge in [-0.1, -0.05) is 0 Å². The largest absolute Gasteiger partial charge is 0.468 e. The number of hydrogen-bond donors (Lipinski definition) is 1. The number of esters is 1. The lowest BCUT2D eigenvalue weighted by Crippen LogP contribution is -2.59. The molecular weight excluding hydrogens is 230 g/mol. The number of nitrogens with zero attached hydrogens (tertiary/aromatic N) is 1. The molecular formula is C11H20F2N2O2. The Hall–Kier alpha value is -0.750. The summed E-state index contributed by atoms with van der Waals surface area (Å²) in [4.78, 5) is 13.3. The van der Waals surface area contributed by atoms with E-state index in [1.807, 2.05) is 0 Å². The molecule has 4 nitrogen and oxygen atoms in total. The fourth-order valence-electron chi connectivity index (χ4n) is 2.23. The Balaban J connectivity index is 2.72. The molecule has 1 rings (SSSR count). The van der Waals surface area contributed by atoms with Gasteiger partial charge in [-0.3, -0.25) is 4.90 Å². The number of rotatable bonds is 7. The standard InChI is InChI=1S/C11H20F2N2O2/c1-14-11(8-4-5-8,10(16)17-3)7-15(2)6-9(12)13/h8-9,14H,4-7H2,1-3H3. The molecule has 0 aromatic rings. The van der Waals surface area contributed by atoms with Gasteiger partial charge in [0, 0.05) is 6.54 Å². The molecule has 0 heterocycles. The number of hydrogen-bond acceptors (Lipinski definition) is 4. The van der Waals surface area contributed by atoms with Crippen molar-refractivity contribution >= 4 is 5.97 Å². The number of carbonyl (C=O) groups is 1. The molecule has 0 aromatic heterocycles. The van der Waals surface area contributed by atoms with Crippen LogP contribution >= 0.6 is 0 Å². The maximum absolute atomic E-state index is 12.3. The summed E-state index contributed by atoms with van der Waals surface area (Å²) in [6.45, 7) is -0.0989. The zero-order chi connectivity index (χ0) is 13.1. The molecule has 1 unspecified atom stereocenters. The van der Waals surface area contributed by atoms with Crippen LogP contribution in [0.4, 0.5) is 8.78 Å². The van der Waals surface area contributed by atoms with Crippen LogP contribution in [0.15, 0.2) is 0 Å². The van der Waals surface area contributed by atoms with E-state index in [9.17, 15) is 13.6 Å². The van der Waals surface area contributed by atoms with Crippen molar-refractivity contribution in [2.75, 3.05) is 34.3 Å². The molecule has 100 valence electrons. The minimum atomic E-state index is -2.40. The lowest BCUT2D eigenvalue weighted by molar-refractivity contribution is -0.150. The first-order valence-corrected chi connectivity index (χ1v) is 5.70. The van der Waals surface area contributed by atoms with E-state index in [4.69, 9.17) is 4.74 Å². The summed E-state index contributed by atoms with van der Waals surface area (Å²) in [5.74, 6) is -0.191. The van der Waals surface area contributed by atoms with Gasteiger partial charge in [0.15, 0.2) is 0 Å². The number of halogens is 2. The van der Waals surface area contributed by atoms with Crippen molar-refractivity contribution in [1.29, 1.82) is 0 Å². The summed E-state index contributed by atoms with van der Waals surface area (Å²) in [5.41, 5.74) is -0.849. The summed E-state index contributed by atoms with van der Waals surface area (Å²) in [6.07, 6.45) is -0.539. The average Bonchev–Trinajstić information content (AvgIpc) is 3.07.